The lowest BCUT2D eigenvalue weighted by molar-refractivity contribution is 0.143. The van der Waals surface area contributed by atoms with Gasteiger partial charge in [-0.15, -0.1) is 0 Å². The van der Waals surface area contributed by atoms with E-state index < -0.39 is 0 Å². The first kappa shape index (κ1) is 12.3. The Labute approximate surface area is 93.4 Å². The number of likely N-dealkylation sites (tertiary alicyclic amines) is 1. The largest absolute Gasteiger partial charge is 0.328 e. The maximum atomic E-state index is 12.1. The predicted molar refractivity (Wildman–Crippen MR) is 63.0 cm³/mol. The van der Waals surface area contributed by atoms with Crippen LogP contribution in [0.25, 0.3) is 0 Å². The van der Waals surface area contributed by atoms with Crippen LogP contribution in [0.3, 0.4) is 0 Å². The lowest BCUT2D eigenvalue weighted by Gasteiger charge is -2.32. The summed E-state index contributed by atoms with van der Waals surface area (Å²) in [7, 11) is 1.89. The zero-order valence-corrected chi connectivity index (χ0v) is 10.3. The summed E-state index contributed by atoms with van der Waals surface area (Å²) in [6, 6.07) is 0.681. The number of urea groups is 1. The maximum Gasteiger partial charge on any atom is 0.319 e. The maximum absolute atomic E-state index is 12.1. The third kappa shape index (κ3) is 3.11. The van der Waals surface area contributed by atoms with Crippen LogP contribution in [0.4, 0.5) is 4.79 Å². The minimum absolute atomic E-state index is 0.214. The van der Waals surface area contributed by atoms with E-state index in [4.69, 9.17) is 0 Å². The van der Waals surface area contributed by atoms with Crippen LogP contribution in [0.2, 0.25) is 0 Å². The average molecular weight is 212 g/mol. The first-order valence-electron chi connectivity index (χ1n) is 6.22. The standard InChI is InChI=1S/C12H24N2O/c1-4-11-9-7-6-8-10-14(11)12(15)13(3)5-2/h11H,4-10H2,1-3H3. The molecule has 1 fully saturated rings. The number of nitrogens with zero attached hydrogens (tertiary/aromatic N) is 2. The van der Waals surface area contributed by atoms with Crippen molar-refractivity contribution in [3.8, 4) is 0 Å². The van der Waals surface area contributed by atoms with Gasteiger partial charge in [-0.3, -0.25) is 0 Å². The van der Waals surface area contributed by atoms with Crippen LogP contribution in [0.1, 0.15) is 46.0 Å². The molecular weight excluding hydrogens is 188 g/mol. The van der Waals surface area contributed by atoms with Crippen LogP contribution < -0.4 is 0 Å². The third-order valence-corrected chi connectivity index (χ3v) is 3.39. The topological polar surface area (TPSA) is 23.6 Å². The molecule has 3 nitrogen and oxygen atoms in total. The van der Waals surface area contributed by atoms with Crippen LogP contribution in [0.5, 0.6) is 0 Å². The molecule has 0 aromatic carbocycles. The van der Waals surface area contributed by atoms with Crippen molar-refractivity contribution >= 4 is 6.03 Å². The number of amides is 2. The van der Waals surface area contributed by atoms with Crippen molar-refractivity contribution < 1.29 is 4.79 Å². The minimum Gasteiger partial charge on any atom is -0.328 e. The van der Waals surface area contributed by atoms with E-state index >= 15 is 0 Å². The predicted octanol–water partition coefficient (Wildman–Crippen LogP) is 2.71. The second-order valence-electron chi connectivity index (χ2n) is 4.40. The first-order valence-corrected chi connectivity index (χ1v) is 6.22. The highest BCUT2D eigenvalue weighted by Gasteiger charge is 2.25. The summed E-state index contributed by atoms with van der Waals surface area (Å²) < 4.78 is 0. The molecule has 1 unspecified atom stereocenters. The average Bonchev–Trinajstić information content (AvgIpc) is 2.51. The fourth-order valence-electron chi connectivity index (χ4n) is 2.21. The smallest absolute Gasteiger partial charge is 0.319 e. The summed E-state index contributed by atoms with van der Waals surface area (Å²) in [6.45, 7) is 5.95. The molecule has 0 saturated carbocycles. The lowest BCUT2D eigenvalue weighted by Crippen LogP contribution is -2.46. The summed E-state index contributed by atoms with van der Waals surface area (Å²) >= 11 is 0. The second kappa shape index (κ2) is 5.99. The summed E-state index contributed by atoms with van der Waals surface area (Å²) in [5.74, 6) is 0. The fourth-order valence-corrected chi connectivity index (χ4v) is 2.21. The van der Waals surface area contributed by atoms with Gasteiger partial charge in [0.2, 0.25) is 0 Å². The summed E-state index contributed by atoms with van der Waals surface area (Å²) in [5, 5.41) is 0. The summed E-state index contributed by atoms with van der Waals surface area (Å²) in [4.78, 5) is 16.0. The molecule has 0 bridgehead atoms. The minimum atomic E-state index is 0.214. The molecule has 88 valence electrons. The van der Waals surface area contributed by atoms with Gasteiger partial charge in [-0.25, -0.2) is 4.79 Å². The quantitative estimate of drug-likeness (QED) is 0.690. The van der Waals surface area contributed by atoms with E-state index in [1.807, 2.05) is 18.9 Å². The monoisotopic (exact) mass is 212 g/mol. The Morgan fingerprint density at radius 3 is 2.67 bits per heavy atom. The van der Waals surface area contributed by atoms with Crippen LogP contribution in [-0.4, -0.2) is 42.0 Å². The molecule has 0 radical (unpaired) electrons. The number of carbonyl (C=O) groups is 1. The van der Waals surface area contributed by atoms with Gasteiger partial charge in [0, 0.05) is 26.2 Å². The first-order chi connectivity index (χ1) is 7.20. The number of carbonyl (C=O) groups excluding carboxylic acids is 1. The van der Waals surface area contributed by atoms with Crippen molar-refractivity contribution in [3.63, 3.8) is 0 Å². The molecule has 15 heavy (non-hydrogen) atoms. The van der Waals surface area contributed by atoms with E-state index in [-0.39, 0.29) is 6.03 Å². The molecule has 1 atom stereocenters. The molecule has 1 heterocycles. The van der Waals surface area contributed by atoms with Crippen molar-refractivity contribution in [2.24, 2.45) is 0 Å². The second-order valence-corrected chi connectivity index (χ2v) is 4.40. The van der Waals surface area contributed by atoms with Crippen LogP contribution in [0.15, 0.2) is 0 Å². The highest BCUT2D eigenvalue weighted by atomic mass is 16.2. The Balaban J connectivity index is 2.65. The van der Waals surface area contributed by atoms with Crippen molar-refractivity contribution in [2.45, 2.75) is 52.0 Å². The number of hydrogen-bond acceptors (Lipinski definition) is 1. The van der Waals surface area contributed by atoms with Crippen LogP contribution >= 0.6 is 0 Å². The van der Waals surface area contributed by atoms with Gasteiger partial charge in [0.25, 0.3) is 0 Å². The van der Waals surface area contributed by atoms with Gasteiger partial charge < -0.3 is 9.80 Å². The Bertz CT molecular complexity index is 206. The van der Waals surface area contributed by atoms with Gasteiger partial charge in [-0.1, -0.05) is 19.8 Å². The van der Waals surface area contributed by atoms with Crippen LogP contribution in [-0.2, 0) is 0 Å². The van der Waals surface area contributed by atoms with E-state index in [9.17, 15) is 4.79 Å². The van der Waals surface area contributed by atoms with Crippen molar-refractivity contribution in [2.75, 3.05) is 20.1 Å². The molecular formula is C12H24N2O. The van der Waals surface area contributed by atoms with Crippen LogP contribution in [0, 0.1) is 0 Å². The van der Waals surface area contributed by atoms with Gasteiger partial charge in [0.15, 0.2) is 0 Å². The molecule has 1 rings (SSSR count). The van der Waals surface area contributed by atoms with E-state index in [2.05, 4.69) is 11.8 Å². The molecule has 2 amide bonds. The SMILES string of the molecule is CCC1CCCCCN1C(=O)N(C)CC. The molecule has 3 heteroatoms. The van der Waals surface area contributed by atoms with E-state index in [0.717, 1.165) is 19.5 Å². The molecule has 1 saturated heterocycles. The zero-order valence-electron chi connectivity index (χ0n) is 10.3. The fraction of sp³-hybridized carbons (Fsp3) is 0.917. The van der Waals surface area contributed by atoms with Crippen molar-refractivity contribution in [1.29, 1.82) is 0 Å². The zero-order chi connectivity index (χ0) is 11.3. The molecule has 0 aromatic rings. The van der Waals surface area contributed by atoms with Gasteiger partial charge in [0.05, 0.1) is 0 Å². The van der Waals surface area contributed by atoms with Crippen molar-refractivity contribution in [1.82, 2.24) is 9.80 Å². The van der Waals surface area contributed by atoms with Gasteiger partial charge in [0.1, 0.15) is 0 Å². The highest BCUT2D eigenvalue weighted by molar-refractivity contribution is 5.74. The molecule has 0 aliphatic carbocycles. The molecule has 0 aromatic heterocycles. The Morgan fingerprint density at radius 2 is 2.07 bits per heavy atom. The lowest BCUT2D eigenvalue weighted by atomic mass is 10.1. The van der Waals surface area contributed by atoms with E-state index in [1.165, 1.54) is 25.7 Å². The van der Waals surface area contributed by atoms with Gasteiger partial charge >= 0.3 is 6.03 Å². The molecule has 0 N–H and O–H groups in total. The van der Waals surface area contributed by atoms with Gasteiger partial charge in [-0.2, -0.15) is 0 Å². The third-order valence-electron chi connectivity index (χ3n) is 3.39. The van der Waals surface area contributed by atoms with Crippen molar-refractivity contribution in [3.05, 3.63) is 0 Å². The van der Waals surface area contributed by atoms with E-state index in [1.54, 1.807) is 0 Å². The normalized spacial score (nSPS) is 22.3. The summed E-state index contributed by atoms with van der Waals surface area (Å²) in [6.07, 6.45) is 5.98. The summed E-state index contributed by atoms with van der Waals surface area (Å²) in [5.41, 5.74) is 0. The van der Waals surface area contributed by atoms with Gasteiger partial charge in [-0.05, 0) is 26.2 Å². The Kier molecular flexibility index (Phi) is 4.92. The molecule has 0 spiro atoms. The van der Waals surface area contributed by atoms with E-state index in [0.29, 0.717) is 6.04 Å². The number of rotatable bonds is 2. The molecule has 1 aliphatic rings. The Hall–Kier alpha value is -0.730. The molecule has 1 aliphatic heterocycles. The highest BCUT2D eigenvalue weighted by Crippen LogP contribution is 2.20. The Morgan fingerprint density at radius 1 is 1.33 bits per heavy atom. The number of hydrogen-bond donors (Lipinski definition) is 0.